The van der Waals surface area contributed by atoms with Crippen LogP contribution in [-0.2, 0) is 23.0 Å². The van der Waals surface area contributed by atoms with Crippen LogP contribution in [0.1, 0.15) is 192 Å². The van der Waals surface area contributed by atoms with Gasteiger partial charge in [0.05, 0.1) is 0 Å². The Morgan fingerprint density at radius 1 is 0.455 bits per heavy atom. The molecule has 4 heteroatoms. The molecule has 0 saturated heterocycles. The molecule has 44 heavy (non-hydrogen) atoms. The first-order valence-electron chi connectivity index (χ1n) is 19.0. The Morgan fingerprint density at radius 2 is 0.818 bits per heavy atom. The van der Waals surface area contributed by atoms with Gasteiger partial charge in [0.25, 0.3) is 10.1 Å². The smallest absolute Gasteiger partial charge is 0.282 e. The lowest BCUT2D eigenvalue weighted by molar-refractivity contribution is 0.484. The molecule has 0 fully saturated rings. The monoisotopic (exact) mass is 628 g/mol. The van der Waals surface area contributed by atoms with Crippen LogP contribution in [0.15, 0.2) is 35.2 Å². The summed E-state index contributed by atoms with van der Waals surface area (Å²) in [5, 5.41) is 1.76. The zero-order chi connectivity index (χ0) is 31.7. The van der Waals surface area contributed by atoms with Crippen LogP contribution in [0.4, 0.5) is 0 Å². The number of aryl methyl sites for hydroxylation is 2. The third kappa shape index (κ3) is 16.8. The molecule has 0 heterocycles. The molecule has 0 amide bonds. The molecule has 0 unspecified atom stereocenters. The van der Waals surface area contributed by atoms with Crippen LogP contribution in [0, 0.1) is 0 Å². The van der Waals surface area contributed by atoms with Gasteiger partial charge in [-0.15, -0.1) is 0 Å². The molecule has 0 aliphatic heterocycles. The fourth-order valence-corrected chi connectivity index (χ4v) is 7.55. The number of fused-ring (bicyclic) bond motifs is 1. The zero-order valence-corrected chi connectivity index (χ0v) is 29.7. The van der Waals surface area contributed by atoms with Gasteiger partial charge in [-0.3, -0.25) is 4.55 Å². The second-order valence-corrected chi connectivity index (χ2v) is 14.9. The van der Waals surface area contributed by atoms with Gasteiger partial charge in [0.2, 0.25) is 0 Å². The fourth-order valence-electron chi connectivity index (χ4n) is 6.82. The highest BCUT2D eigenvalue weighted by Gasteiger charge is 2.18. The first-order chi connectivity index (χ1) is 21.5. The molecule has 0 radical (unpaired) electrons. The Morgan fingerprint density at radius 3 is 1.20 bits per heavy atom. The third-order valence-corrected chi connectivity index (χ3v) is 10.5. The van der Waals surface area contributed by atoms with Crippen molar-refractivity contribution in [3.05, 3.63) is 41.5 Å². The molecule has 2 rings (SSSR count). The van der Waals surface area contributed by atoms with Crippen LogP contribution >= 0.6 is 0 Å². The van der Waals surface area contributed by atoms with Crippen molar-refractivity contribution in [1.82, 2.24) is 0 Å². The van der Waals surface area contributed by atoms with E-state index in [-0.39, 0.29) is 4.90 Å². The van der Waals surface area contributed by atoms with Crippen molar-refractivity contribution in [2.45, 2.75) is 199 Å². The third-order valence-electron chi connectivity index (χ3n) is 9.56. The highest BCUT2D eigenvalue weighted by molar-refractivity contribution is 7.86. The Hall–Kier alpha value is -1.39. The van der Waals surface area contributed by atoms with Crippen LogP contribution in [0.25, 0.3) is 10.8 Å². The molecule has 0 aliphatic carbocycles. The Bertz CT molecular complexity index is 1090. The summed E-state index contributed by atoms with van der Waals surface area (Å²) >= 11 is 0. The zero-order valence-electron chi connectivity index (χ0n) is 28.9. The van der Waals surface area contributed by atoms with E-state index < -0.39 is 10.1 Å². The van der Waals surface area contributed by atoms with Crippen LogP contribution in [0.5, 0.6) is 0 Å². The second kappa shape index (κ2) is 24.8. The summed E-state index contributed by atoms with van der Waals surface area (Å²) < 4.78 is 34.7. The highest BCUT2D eigenvalue weighted by atomic mass is 32.2. The van der Waals surface area contributed by atoms with Crippen molar-refractivity contribution in [1.29, 1.82) is 0 Å². The molecule has 3 nitrogen and oxygen atoms in total. The van der Waals surface area contributed by atoms with Crippen molar-refractivity contribution in [3.63, 3.8) is 0 Å². The van der Waals surface area contributed by atoms with E-state index in [0.29, 0.717) is 0 Å². The molecule has 0 saturated carbocycles. The minimum Gasteiger partial charge on any atom is -0.282 e. The topological polar surface area (TPSA) is 54.4 Å². The Balaban J connectivity index is 1.74. The van der Waals surface area contributed by atoms with Gasteiger partial charge in [-0.2, -0.15) is 8.42 Å². The van der Waals surface area contributed by atoms with Crippen LogP contribution in [0.2, 0.25) is 0 Å². The maximum Gasteiger partial charge on any atom is 0.295 e. The van der Waals surface area contributed by atoms with Crippen LogP contribution in [-0.4, -0.2) is 13.0 Å². The summed E-state index contributed by atoms with van der Waals surface area (Å²) in [4.78, 5) is 0.0758. The lowest BCUT2D eigenvalue weighted by Gasteiger charge is -2.14. The predicted octanol–water partition coefficient (Wildman–Crippen LogP) is 13.4. The normalized spacial score (nSPS) is 12.0. The summed E-state index contributed by atoms with van der Waals surface area (Å²) in [6.45, 7) is 4.55. The molecule has 0 aromatic heterocycles. The highest BCUT2D eigenvalue weighted by Crippen LogP contribution is 2.31. The second-order valence-electron chi connectivity index (χ2n) is 13.5. The molecule has 2 aromatic rings. The maximum atomic E-state index is 12.3. The van der Waals surface area contributed by atoms with Crippen molar-refractivity contribution >= 4 is 20.9 Å². The van der Waals surface area contributed by atoms with E-state index in [1.807, 2.05) is 6.07 Å². The lowest BCUT2D eigenvalue weighted by Crippen LogP contribution is -2.03. The Labute approximate surface area is 273 Å². The first-order valence-corrected chi connectivity index (χ1v) is 20.4. The van der Waals surface area contributed by atoms with Crippen LogP contribution < -0.4 is 0 Å². The van der Waals surface area contributed by atoms with E-state index in [4.69, 9.17) is 0 Å². The molecule has 252 valence electrons. The van der Waals surface area contributed by atoms with Gasteiger partial charge in [0.15, 0.2) is 0 Å². The van der Waals surface area contributed by atoms with E-state index in [1.165, 1.54) is 160 Å². The molecule has 0 bridgehead atoms. The van der Waals surface area contributed by atoms with E-state index in [1.54, 1.807) is 6.07 Å². The van der Waals surface area contributed by atoms with Gasteiger partial charge >= 0.3 is 0 Å². The largest absolute Gasteiger partial charge is 0.295 e. The molecule has 0 atom stereocenters. The molecule has 0 aliphatic rings. The summed E-state index contributed by atoms with van der Waals surface area (Å²) in [7, 11) is -4.27. The molecular formula is C40H68O3S. The number of rotatable bonds is 29. The number of hydrogen-bond acceptors (Lipinski definition) is 2. The number of benzene rings is 2. The average molecular weight is 629 g/mol. The SMILES string of the molecule is CCCCCCCCCCCCCCCc1ccc(S(=O)(=O)O)c2c(CCCCCCCCCCCCCCC)cccc12. The van der Waals surface area contributed by atoms with Gasteiger partial charge in [-0.25, -0.2) is 0 Å². The van der Waals surface area contributed by atoms with E-state index >= 15 is 0 Å². The summed E-state index contributed by atoms with van der Waals surface area (Å²) in [6, 6.07) is 9.76. The standard InChI is InChI=1S/C40H68O3S/c1-3-5-7-9-11-13-15-17-19-21-23-25-27-30-36-34-35-39(44(41,42)43)40-37(32-29-33-38(36)40)31-28-26-24-22-20-18-16-14-12-10-8-6-4-2/h29,32-35H,3-28,30-31H2,1-2H3,(H,41,42,43). The van der Waals surface area contributed by atoms with Gasteiger partial charge in [-0.05, 0) is 48.3 Å². The summed E-state index contributed by atoms with van der Waals surface area (Å²) in [5.74, 6) is 0. The van der Waals surface area contributed by atoms with E-state index in [2.05, 4.69) is 32.0 Å². The molecule has 1 N–H and O–H groups in total. The first kappa shape index (κ1) is 38.8. The van der Waals surface area contributed by atoms with Gasteiger partial charge in [0.1, 0.15) is 4.90 Å². The van der Waals surface area contributed by atoms with Gasteiger partial charge in [0, 0.05) is 5.39 Å². The lowest BCUT2D eigenvalue weighted by atomic mass is 9.94. The van der Waals surface area contributed by atoms with Crippen molar-refractivity contribution in [2.75, 3.05) is 0 Å². The maximum absolute atomic E-state index is 12.3. The predicted molar refractivity (Wildman–Crippen MR) is 193 cm³/mol. The van der Waals surface area contributed by atoms with Crippen molar-refractivity contribution in [2.24, 2.45) is 0 Å². The number of hydrogen-bond donors (Lipinski definition) is 1. The fraction of sp³-hybridized carbons (Fsp3) is 0.750. The van der Waals surface area contributed by atoms with Gasteiger partial charge < -0.3 is 0 Å². The molecule has 2 aromatic carbocycles. The van der Waals surface area contributed by atoms with Crippen LogP contribution in [0.3, 0.4) is 0 Å². The summed E-state index contributed by atoms with van der Waals surface area (Å²) in [6.07, 6.45) is 36.4. The molecular weight excluding hydrogens is 561 g/mol. The van der Waals surface area contributed by atoms with Crippen molar-refractivity contribution in [3.8, 4) is 0 Å². The minimum atomic E-state index is -4.27. The molecule has 0 spiro atoms. The van der Waals surface area contributed by atoms with Crippen molar-refractivity contribution < 1.29 is 13.0 Å². The van der Waals surface area contributed by atoms with E-state index in [0.717, 1.165) is 42.0 Å². The Kier molecular flexibility index (Phi) is 21.9. The number of unbranched alkanes of at least 4 members (excludes halogenated alkanes) is 24. The summed E-state index contributed by atoms with van der Waals surface area (Å²) in [5.41, 5.74) is 2.27. The average Bonchev–Trinajstić information content (AvgIpc) is 3.01. The quantitative estimate of drug-likeness (QED) is 0.0720. The minimum absolute atomic E-state index is 0.0758. The van der Waals surface area contributed by atoms with Gasteiger partial charge in [-0.1, -0.05) is 192 Å². The van der Waals surface area contributed by atoms with E-state index in [9.17, 15) is 13.0 Å².